The van der Waals surface area contributed by atoms with Gasteiger partial charge in [0, 0.05) is 11.6 Å². The number of amides is 1. The third-order valence-electron chi connectivity index (χ3n) is 4.89. The van der Waals surface area contributed by atoms with E-state index in [0.29, 0.717) is 22.9 Å². The molecule has 3 rings (SSSR count). The van der Waals surface area contributed by atoms with Crippen molar-refractivity contribution < 1.29 is 18.0 Å². The fourth-order valence-electron chi connectivity index (χ4n) is 3.23. The van der Waals surface area contributed by atoms with E-state index < -0.39 is 23.1 Å². The Labute approximate surface area is 165 Å². The summed E-state index contributed by atoms with van der Waals surface area (Å²) in [6, 6.07) is 8.95. The quantitative estimate of drug-likeness (QED) is 0.607. The van der Waals surface area contributed by atoms with E-state index in [9.17, 15) is 22.8 Å². The number of aromatic nitrogens is 1. The third kappa shape index (κ3) is 4.04. The Morgan fingerprint density at radius 3 is 2.52 bits per heavy atom. The summed E-state index contributed by atoms with van der Waals surface area (Å²) in [4.78, 5) is 28.3. The Morgan fingerprint density at radius 1 is 1.17 bits per heavy atom. The molecule has 0 saturated carbocycles. The highest BCUT2D eigenvalue weighted by molar-refractivity contribution is 6.06. The number of pyridine rings is 1. The van der Waals surface area contributed by atoms with Gasteiger partial charge in [0.05, 0.1) is 16.8 Å². The monoisotopic (exact) mass is 402 g/mol. The molecule has 3 aromatic rings. The molecule has 7 heteroatoms. The number of para-hydroxylation sites is 1. The summed E-state index contributed by atoms with van der Waals surface area (Å²) in [5.41, 5.74) is -0.0584. The van der Waals surface area contributed by atoms with Crippen LogP contribution in [0.25, 0.3) is 10.9 Å². The molecule has 0 fully saturated rings. The number of carbonyl (C=O) groups is 1. The molecule has 0 bridgehead atoms. The van der Waals surface area contributed by atoms with E-state index in [4.69, 9.17) is 0 Å². The van der Waals surface area contributed by atoms with Crippen LogP contribution in [0.2, 0.25) is 0 Å². The number of fused-ring (bicyclic) bond motifs is 1. The molecule has 0 unspecified atom stereocenters. The molecule has 152 valence electrons. The Morgan fingerprint density at radius 2 is 1.90 bits per heavy atom. The average molecular weight is 402 g/mol. The van der Waals surface area contributed by atoms with Crippen molar-refractivity contribution in [3.63, 3.8) is 0 Å². The van der Waals surface area contributed by atoms with Gasteiger partial charge in [-0.3, -0.25) is 9.59 Å². The van der Waals surface area contributed by atoms with Gasteiger partial charge in [0.15, 0.2) is 0 Å². The fourth-order valence-corrected chi connectivity index (χ4v) is 3.23. The number of rotatable bonds is 4. The van der Waals surface area contributed by atoms with E-state index in [1.54, 1.807) is 26.0 Å². The van der Waals surface area contributed by atoms with E-state index in [1.165, 1.54) is 18.3 Å². The lowest BCUT2D eigenvalue weighted by Crippen LogP contribution is -2.23. The third-order valence-corrected chi connectivity index (χ3v) is 4.89. The first-order valence-electron chi connectivity index (χ1n) is 9.29. The maximum Gasteiger partial charge on any atom is 0.418 e. The summed E-state index contributed by atoms with van der Waals surface area (Å²) in [6.45, 7) is 5.51. The van der Waals surface area contributed by atoms with Gasteiger partial charge in [-0.2, -0.15) is 13.2 Å². The highest BCUT2D eigenvalue weighted by Gasteiger charge is 2.34. The number of nitrogens with one attached hydrogen (secondary N) is 2. The van der Waals surface area contributed by atoms with Gasteiger partial charge in [0.2, 0.25) is 5.43 Å². The van der Waals surface area contributed by atoms with E-state index in [-0.39, 0.29) is 17.2 Å². The number of hydrogen-bond donors (Lipinski definition) is 2. The molecule has 2 N–H and O–H groups in total. The van der Waals surface area contributed by atoms with E-state index in [0.717, 1.165) is 11.6 Å². The Kier molecular flexibility index (Phi) is 5.50. The van der Waals surface area contributed by atoms with Crippen molar-refractivity contribution in [2.45, 2.75) is 39.3 Å². The van der Waals surface area contributed by atoms with Crippen molar-refractivity contribution in [1.82, 2.24) is 4.98 Å². The van der Waals surface area contributed by atoms with Crippen LogP contribution in [-0.4, -0.2) is 10.9 Å². The lowest BCUT2D eigenvalue weighted by molar-refractivity contribution is -0.137. The molecule has 29 heavy (non-hydrogen) atoms. The second-order valence-corrected chi connectivity index (χ2v) is 7.14. The van der Waals surface area contributed by atoms with Crippen molar-refractivity contribution in [2.24, 2.45) is 0 Å². The minimum absolute atomic E-state index is 0.100. The fraction of sp³-hybridized carbons (Fsp3) is 0.273. The van der Waals surface area contributed by atoms with Crippen LogP contribution in [-0.2, 0) is 12.6 Å². The van der Waals surface area contributed by atoms with Gasteiger partial charge in [-0.15, -0.1) is 0 Å². The maximum absolute atomic E-state index is 13.5. The number of hydrogen-bond acceptors (Lipinski definition) is 2. The highest BCUT2D eigenvalue weighted by atomic mass is 19.4. The zero-order valence-corrected chi connectivity index (χ0v) is 16.3. The minimum Gasteiger partial charge on any atom is -0.360 e. The lowest BCUT2D eigenvalue weighted by Gasteiger charge is -2.16. The summed E-state index contributed by atoms with van der Waals surface area (Å²) in [5, 5.41) is 2.58. The normalized spacial score (nSPS) is 11.8. The molecular weight excluding hydrogens is 381 g/mol. The molecule has 0 saturated heterocycles. The van der Waals surface area contributed by atoms with Crippen LogP contribution in [0.5, 0.6) is 0 Å². The average Bonchev–Trinajstić information content (AvgIpc) is 2.67. The zero-order chi connectivity index (χ0) is 21.3. The zero-order valence-electron chi connectivity index (χ0n) is 16.3. The molecule has 2 aromatic carbocycles. The number of alkyl halides is 3. The number of benzene rings is 2. The van der Waals surface area contributed by atoms with Crippen molar-refractivity contribution >= 4 is 22.5 Å². The summed E-state index contributed by atoms with van der Waals surface area (Å²) in [7, 11) is 0. The number of H-pyrrole nitrogens is 1. The second-order valence-electron chi connectivity index (χ2n) is 7.14. The van der Waals surface area contributed by atoms with Gasteiger partial charge in [0.1, 0.15) is 5.56 Å². The van der Waals surface area contributed by atoms with E-state index >= 15 is 0 Å². The first-order valence-corrected chi connectivity index (χ1v) is 9.29. The molecule has 0 aliphatic carbocycles. The smallest absolute Gasteiger partial charge is 0.360 e. The summed E-state index contributed by atoms with van der Waals surface area (Å²) in [6.07, 6.45) is -2.70. The minimum atomic E-state index is -4.64. The first-order chi connectivity index (χ1) is 13.6. The van der Waals surface area contributed by atoms with Gasteiger partial charge < -0.3 is 10.3 Å². The molecule has 0 aliphatic rings. The van der Waals surface area contributed by atoms with Crippen molar-refractivity contribution in [1.29, 1.82) is 0 Å². The molecule has 1 aromatic heterocycles. The van der Waals surface area contributed by atoms with Crippen LogP contribution < -0.4 is 10.7 Å². The van der Waals surface area contributed by atoms with E-state index in [2.05, 4.69) is 10.3 Å². The topological polar surface area (TPSA) is 62.0 Å². The van der Waals surface area contributed by atoms with Crippen LogP contribution in [0.15, 0.2) is 47.4 Å². The SMILES string of the molecule is CCc1cccc2c(=O)c(C(=O)Nc3ccc(C(C)C)cc3C(F)(F)F)c[nH]c12. The van der Waals surface area contributed by atoms with Crippen LogP contribution in [0.3, 0.4) is 0 Å². The number of carbonyl (C=O) groups excluding carboxylic acids is 1. The first kappa shape index (κ1) is 20.6. The van der Waals surface area contributed by atoms with Gasteiger partial charge >= 0.3 is 6.18 Å². The van der Waals surface area contributed by atoms with Gasteiger partial charge in [0.25, 0.3) is 5.91 Å². The predicted molar refractivity (Wildman–Crippen MR) is 107 cm³/mol. The standard InChI is InChI=1S/C22H21F3N2O2/c1-4-13-6-5-7-15-19(13)26-11-16(20(15)28)21(29)27-18-9-8-14(12(2)3)10-17(18)22(23,24)25/h5-12H,4H2,1-3H3,(H,26,28)(H,27,29). The van der Waals surface area contributed by atoms with Crippen LogP contribution in [0.4, 0.5) is 18.9 Å². The van der Waals surface area contributed by atoms with Crippen molar-refractivity contribution in [3.05, 3.63) is 75.1 Å². The van der Waals surface area contributed by atoms with Crippen LogP contribution in [0.1, 0.15) is 53.7 Å². The summed E-state index contributed by atoms with van der Waals surface area (Å²) < 4.78 is 40.5. The van der Waals surface area contributed by atoms with Gasteiger partial charge in [-0.25, -0.2) is 0 Å². The summed E-state index contributed by atoms with van der Waals surface area (Å²) in [5.74, 6) is -0.991. The Hall–Kier alpha value is -3.09. The van der Waals surface area contributed by atoms with Crippen molar-refractivity contribution in [2.75, 3.05) is 5.32 Å². The molecule has 0 atom stereocenters. The van der Waals surface area contributed by atoms with Gasteiger partial charge in [-0.05, 0) is 41.7 Å². The molecule has 0 spiro atoms. The predicted octanol–water partition coefficient (Wildman–Crippen LogP) is 5.49. The van der Waals surface area contributed by atoms with Crippen LogP contribution >= 0.6 is 0 Å². The molecule has 0 radical (unpaired) electrons. The maximum atomic E-state index is 13.5. The largest absolute Gasteiger partial charge is 0.418 e. The molecular formula is C22H21F3N2O2. The number of aryl methyl sites for hydroxylation is 1. The van der Waals surface area contributed by atoms with Crippen LogP contribution in [0, 0.1) is 0 Å². The number of anilines is 1. The Bertz CT molecular complexity index is 1130. The van der Waals surface area contributed by atoms with Gasteiger partial charge in [-0.1, -0.05) is 39.0 Å². The number of aromatic amines is 1. The molecule has 1 amide bonds. The van der Waals surface area contributed by atoms with Crippen molar-refractivity contribution in [3.8, 4) is 0 Å². The molecule has 4 nitrogen and oxygen atoms in total. The highest BCUT2D eigenvalue weighted by Crippen LogP contribution is 2.36. The molecule has 1 heterocycles. The summed E-state index contributed by atoms with van der Waals surface area (Å²) >= 11 is 0. The Balaban J connectivity index is 2.03. The van der Waals surface area contributed by atoms with E-state index in [1.807, 2.05) is 13.0 Å². The lowest BCUT2D eigenvalue weighted by atomic mass is 9.99. The second kappa shape index (κ2) is 7.73. The molecule has 0 aliphatic heterocycles. The number of halogens is 3.